The van der Waals surface area contributed by atoms with Crippen LogP contribution in [0.25, 0.3) is 0 Å². The van der Waals surface area contributed by atoms with Gasteiger partial charge in [-0.15, -0.1) is 11.3 Å². The van der Waals surface area contributed by atoms with Crippen molar-refractivity contribution in [2.75, 3.05) is 11.9 Å². The van der Waals surface area contributed by atoms with Crippen LogP contribution in [0.5, 0.6) is 5.75 Å². The van der Waals surface area contributed by atoms with E-state index < -0.39 is 0 Å². The summed E-state index contributed by atoms with van der Waals surface area (Å²) in [6.45, 7) is 5.07. The summed E-state index contributed by atoms with van der Waals surface area (Å²) in [6.07, 6.45) is 0.143. The molecule has 0 aliphatic carbocycles. The number of anilines is 1. The largest absolute Gasteiger partial charge is 0.481 e. The van der Waals surface area contributed by atoms with Crippen molar-refractivity contribution in [1.29, 1.82) is 0 Å². The van der Waals surface area contributed by atoms with E-state index in [1.165, 1.54) is 16.0 Å². The van der Waals surface area contributed by atoms with Crippen molar-refractivity contribution >= 4 is 17.0 Å². The number of nitrogens with one attached hydrogen (secondary N) is 1. The molecule has 0 fully saturated rings. The van der Waals surface area contributed by atoms with Crippen LogP contribution in [0.3, 0.4) is 0 Å². The quantitative estimate of drug-likeness (QED) is 0.822. The maximum atomic E-state index is 6.09. The Morgan fingerprint density at radius 2 is 2.18 bits per heavy atom. The van der Waals surface area contributed by atoms with Gasteiger partial charge < -0.3 is 10.1 Å². The summed E-state index contributed by atoms with van der Waals surface area (Å²) in [4.78, 5) is 1.32. The molecular formula is C14H15NOS. The minimum Gasteiger partial charge on any atom is -0.481 e. The van der Waals surface area contributed by atoms with Crippen LogP contribution in [0, 0.1) is 13.8 Å². The molecule has 88 valence electrons. The number of ether oxygens (including phenoxy) is 1. The predicted molar refractivity (Wildman–Crippen MR) is 72.1 cm³/mol. The molecule has 1 unspecified atom stereocenters. The van der Waals surface area contributed by atoms with Crippen molar-refractivity contribution in [3.8, 4) is 5.75 Å². The predicted octanol–water partition coefficient (Wildman–Crippen LogP) is 3.91. The highest BCUT2D eigenvalue weighted by atomic mass is 32.1. The molecule has 17 heavy (non-hydrogen) atoms. The van der Waals surface area contributed by atoms with Crippen LogP contribution in [0.1, 0.15) is 22.1 Å². The summed E-state index contributed by atoms with van der Waals surface area (Å²) in [5.41, 5.74) is 3.65. The molecule has 1 N–H and O–H groups in total. The van der Waals surface area contributed by atoms with E-state index in [-0.39, 0.29) is 6.10 Å². The maximum absolute atomic E-state index is 6.09. The Bertz CT molecular complexity index is 547. The molecule has 0 spiro atoms. The average Bonchev–Trinajstić information content (AvgIpc) is 2.74. The monoisotopic (exact) mass is 245 g/mol. The maximum Gasteiger partial charge on any atom is 0.150 e. The lowest BCUT2D eigenvalue weighted by Gasteiger charge is -2.27. The smallest absolute Gasteiger partial charge is 0.150 e. The van der Waals surface area contributed by atoms with E-state index >= 15 is 0 Å². The standard InChI is InChI=1S/C14H15NOS/c1-9-3-4-11-12(7-9)16-13(8-15-11)14-10(2)5-6-17-14/h3-7,13,15H,8H2,1-2H3. The third-order valence-corrected chi connectivity index (χ3v) is 4.19. The van der Waals surface area contributed by atoms with Gasteiger partial charge in [0.1, 0.15) is 5.75 Å². The normalized spacial score (nSPS) is 18.1. The first kappa shape index (κ1) is 10.7. The van der Waals surface area contributed by atoms with Crippen molar-refractivity contribution in [1.82, 2.24) is 0 Å². The van der Waals surface area contributed by atoms with Crippen LogP contribution in [0.2, 0.25) is 0 Å². The lowest BCUT2D eigenvalue weighted by atomic mass is 10.1. The number of fused-ring (bicyclic) bond motifs is 1. The molecule has 1 aromatic carbocycles. The molecule has 0 saturated carbocycles. The Balaban J connectivity index is 1.92. The second-order valence-corrected chi connectivity index (χ2v) is 5.40. The highest BCUT2D eigenvalue weighted by Crippen LogP contribution is 2.37. The first-order chi connectivity index (χ1) is 8.24. The van der Waals surface area contributed by atoms with Gasteiger partial charge in [-0.2, -0.15) is 0 Å². The number of benzene rings is 1. The fourth-order valence-corrected chi connectivity index (χ4v) is 3.09. The first-order valence-corrected chi connectivity index (χ1v) is 6.67. The van der Waals surface area contributed by atoms with Gasteiger partial charge in [0.15, 0.2) is 6.10 Å². The SMILES string of the molecule is Cc1ccc2c(c1)OC(c1sccc1C)CN2. The summed E-state index contributed by atoms with van der Waals surface area (Å²) in [7, 11) is 0. The molecule has 0 bridgehead atoms. The zero-order valence-corrected chi connectivity index (χ0v) is 10.8. The third kappa shape index (κ3) is 1.91. The minimum absolute atomic E-state index is 0.143. The first-order valence-electron chi connectivity index (χ1n) is 5.79. The van der Waals surface area contributed by atoms with Crippen LogP contribution in [0.4, 0.5) is 5.69 Å². The van der Waals surface area contributed by atoms with E-state index in [1.54, 1.807) is 11.3 Å². The number of aryl methyl sites for hydroxylation is 2. The van der Waals surface area contributed by atoms with Crippen molar-refractivity contribution in [2.45, 2.75) is 20.0 Å². The number of rotatable bonds is 1. The van der Waals surface area contributed by atoms with Crippen molar-refractivity contribution in [3.63, 3.8) is 0 Å². The highest BCUT2D eigenvalue weighted by molar-refractivity contribution is 7.10. The molecule has 0 amide bonds. The van der Waals surface area contributed by atoms with E-state index in [0.29, 0.717) is 0 Å². The third-order valence-electron chi connectivity index (χ3n) is 3.08. The zero-order chi connectivity index (χ0) is 11.8. The molecule has 1 atom stereocenters. The van der Waals surface area contributed by atoms with E-state index in [9.17, 15) is 0 Å². The van der Waals surface area contributed by atoms with E-state index in [4.69, 9.17) is 4.74 Å². The fraction of sp³-hybridized carbons (Fsp3) is 0.286. The van der Waals surface area contributed by atoms with Gasteiger partial charge in [-0.1, -0.05) is 6.07 Å². The van der Waals surface area contributed by atoms with Gasteiger partial charge in [0, 0.05) is 4.88 Å². The van der Waals surface area contributed by atoms with Gasteiger partial charge in [0.05, 0.1) is 12.2 Å². The second-order valence-electron chi connectivity index (χ2n) is 4.45. The average molecular weight is 245 g/mol. The Labute approximate surface area is 105 Å². The van der Waals surface area contributed by atoms with Crippen molar-refractivity contribution in [2.24, 2.45) is 0 Å². The van der Waals surface area contributed by atoms with Gasteiger partial charge in [-0.3, -0.25) is 0 Å². The summed E-state index contributed by atoms with van der Waals surface area (Å²) >= 11 is 1.77. The highest BCUT2D eigenvalue weighted by Gasteiger charge is 2.22. The Kier molecular flexibility index (Phi) is 2.56. The zero-order valence-electron chi connectivity index (χ0n) is 9.99. The topological polar surface area (TPSA) is 21.3 Å². The lowest BCUT2D eigenvalue weighted by Crippen LogP contribution is -2.23. The number of hydrogen-bond acceptors (Lipinski definition) is 3. The van der Waals surface area contributed by atoms with Gasteiger partial charge in [-0.25, -0.2) is 0 Å². The van der Waals surface area contributed by atoms with Crippen LogP contribution < -0.4 is 10.1 Å². The molecule has 0 radical (unpaired) electrons. The van der Waals surface area contributed by atoms with E-state index in [0.717, 1.165) is 18.0 Å². The molecule has 1 aliphatic rings. The molecular weight excluding hydrogens is 230 g/mol. The number of hydrogen-bond donors (Lipinski definition) is 1. The minimum atomic E-state index is 0.143. The van der Waals surface area contributed by atoms with Gasteiger partial charge >= 0.3 is 0 Å². The Morgan fingerprint density at radius 1 is 1.29 bits per heavy atom. The van der Waals surface area contributed by atoms with Crippen LogP contribution in [0.15, 0.2) is 29.6 Å². The lowest BCUT2D eigenvalue weighted by molar-refractivity contribution is 0.213. The molecule has 2 heterocycles. The summed E-state index contributed by atoms with van der Waals surface area (Å²) in [6, 6.07) is 8.43. The summed E-state index contributed by atoms with van der Waals surface area (Å²) < 4.78 is 6.09. The number of thiophene rings is 1. The van der Waals surface area contributed by atoms with Gasteiger partial charge in [0.25, 0.3) is 0 Å². The second kappa shape index (κ2) is 4.08. The van der Waals surface area contributed by atoms with E-state index in [1.807, 2.05) is 0 Å². The summed E-state index contributed by atoms with van der Waals surface area (Å²) in [5.74, 6) is 0.967. The Hall–Kier alpha value is -1.48. The van der Waals surface area contributed by atoms with E-state index in [2.05, 4.69) is 48.8 Å². The molecule has 2 nitrogen and oxygen atoms in total. The van der Waals surface area contributed by atoms with Crippen LogP contribution in [-0.4, -0.2) is 6.54 Å². The molecule has 1 aliphatic heterocycles. The molecule has 3 rings (SSSR count). The van der Waals surface area contributed by atoms with Crippen LogP contribution in [-0.2, 0) is 0 Å². The van der Waals surface area contributed by atoms with Crippen molar-refractivity contribution < 1.29 is 4.74 Å². The Morgan fingerprint density at radius 3 is 2.94 bits per heavy atom. The van der Waals surface area contributed by atoms with Gasteiger partial charge in [-0.05, 0) is 48.6 Å². The van der Waals surface area contributed by atoms with Crippen LogP contribution >= 0.6 is 11.3 Å². The molecule has 0 saturated heterocycles. The molecule has 3 heteroatoms. The van der Waals surface area contributed by atoms with Gasteiger partial charge in [0.2, 0.25) is 0 Å². The summed E-state index contributed by atoms with van der Waals surface area (Å²) in [5, 5.41) is 5.56. The fourth-order valence-electron chi connectivity index (χ4n) is 2.13. The molecule has 1 aromatic heterocycles. The van der Waals surface area contributed by atoms with Crippen molar-refractivity contribution in [3.05, 3.63) is 45.6 Å². The molecule has 2 aromatic rings.